The first-order chi connectivity index (χ1) is 7.29. The summed E-state index contributed by atoms with van der Waals surface area (Å²) in [4.78, 5) is 14.7. The molecule has 0 aliphatic carbocycles. The smallest absolute Gasteiger partial charge is 0.408 e. The molecule has 0 aromatic rings. The van der Waals surface area contributed by atoms with Crippen LogP contribution in [0, 0.1) is 0 Å². The number of rotatable bonds is 1. The van der Waals surface area contributed by atoms with Crippen molar-refractivity contribution in [1.82, 2.24) is 9.80 Å². The average molecular weight is 208 g/mol. The summed E-state index contributed by atoms with van der Waals surface area (Å²) in [5.74, 6) is 0. The highest BCUT2D eigenvalue weighted by Crippen LogP contribution is 2.21. The number of allylic oxidation sites excluding steroid dienone is 2. The van der Waals surface area contributed by atoms with Crippen LogP contribution < -0.4 is 0 Å². The summed E-state index contributed by atoms with van der Waals surface area (Å²) in [6.45, 7) is 1.47. The molecular weight excluding hydrogens is 192 g/mol. The van der Waals surface area contributed by atoms with E-state index < -0.39 is 6.09 Å². The third-order valence-electron chi connectivity index (χ3n) is 2.94. The summed E-state index contributed by atoms with van der Waals surface area (Å²) in [7, 11) is 0. The summed E-state index contributed by atoms with van der Waals surface area (Å²) < 4.78 is 0. The van der Waals surface area contributed by atoms with Gasteiger partial charge in [-0.2, -0.15) is 0 Å². The zero-order valence-electron chi connectivity index (χ0n) is 8.67. The van der Waals surface area contributed by atoms with Gasteiger partial charge in [-0.25, -0.2) is 4.79 Å². The van der Waals surface area contributed by atoms with Gasteiger partial charge < -0.3 is 10.0 Å². The highest BCUT2D eigenvalue weighted by molar-refractivity contribution is 5.65. The van der Waals surface area contributed by atoms with E-state index in [1.807, 2.05) is 18.4 Å². The zero-order valence-corrected chi connectivity index (χ0v) is 8.67. The Kier molecular flexibility index (Phi) is 2.94. The number of amides is 1. The number of piperidine rings is 1. The number of hydrogen-bond donors (Lipinski definition) is 1. The van der Waals surface area contributed by atoms with Gasteiger partial charge in [0.2, 0.25) is 0 Å². The molecule has 1 unspecified atom stereocenters. The molecule has 0 radical (unpaired) electrons. The van der Waals surface area contributed by atoms with E-state index in [-0.39, 0.29) is 6.17 Å². The molecule has 2 rings (SSSR count). The molecule has 1 fully saturated rings. The maximum atomic E-state index is 11.1. The molecule has 4 nitrogen and oxygen atoms in total. The van der Waals surface area contributed by atoms with Gasteiger partial charge in [0.1, 0.15) is 6.17 Å². The van der Waals surface area contributed by atoms with Crippen LogP contribution in [-0.2, 0) is 0 Å². The van der Waals surface area contributed by atoms with Crippen LogP contribution in [0.5, 0.6) is 0 Å². The molecule has 2 aliphatic heterocycles. The van der Waals surface area contributed by atoms with E-state index >= 15 is 0 Å². The van der Waals surface area contributed by atoms with Crippen molar-refractivity contribution in [2.24, 2.45) is 0 Å². The fourth-order valence-corrected chi connectivity index (χ4v) is 2.19. The maximum Gasteiger partial charge on any atom is 0.408 e. The molecule has 1 N–H and O–H groups in total. The lowest BCUT2D eigenvalue weighted by Crippen LogP contribution is -2.51. The van der Waals surface area contributed by atoms with Crippen LogP contribution in [0.25, 0.3) is 0 Å². The second-order valence-electron chi connectivity index (χ2n) is 3.92. The Bertz CT molecular complexity index is 299. The third kappa shape index (κ3) is 2.14. The Morgan fingerprint density at radius 3 is 2.87 bits per heavy atom. The van der Waals surface area contributed by atoms with Gasteiger partial charge in [0.05, 0.1) is 0 Å². The largest absolute Gasteiger partial charge is 0.465 e. The predicted octanol–water partition coefficient (Wildman–Crippen LogP) is 1.86. The number of carbonyl (C=O) groups is 1. The van der Waals surface area contributed by atoms with Gasteiger partial charge in [-0.3, -0.25) is 4.90 Å². The van der Waals surface area contributed by atoms with Crippen molar-refractivity contribution in [2.75, 3.05) is 13.1 Å². The van der Waals surface area contributed by atoms with E-state index in [0.717, 1.165) is 25.8 Å². The molecule has 0 saturated carbocycles. The van der Waals surface area contributed by atoms with E-state index in [9.17, 15) is 4.79 Å². The third-order valence-corrected chi connectivity index (χ3v) is 2.94. The molecular formula is C11H16N2O2. The van der Waals surface area contributed by atoms with Gasteiger partial charge in [0.25, 0.3) is 0 Å². The number of carboxylic acid groups (broad SMARTS) is 1. The molecule has 4 heteroatoms. The van der Waals surface area contributed by atoms with Gasteiger partial charge >= 0.3 is 6.09 Å². The number of hydrogen-bond acceptors (Lipinski definition) is 2. The molecule has 0 aromatic heterocycles. The summed E-state index contributed by atoms with van der Waals surface area (Å²) in [6, 6.07) is 0. The van der Waals surface area contributed by atoms with Crippen molar-refractivity contribution in [3.05, 3.63) is 24.4 Å². The van der Waals surface area contributed by atoms with E-state index in [2.05, 4.69) is 11.0 Å². The minimum absolute atomic E-state index is 0.0254. The zero-order chi connectivity index (χ0) is 10.7. The molecule has 0 bridgehead atoms. The molecule has 2 heterocycles. The van der Waals surface area contributed by atoms with E-state index in [0.29, 0.717) is 6.54 Å². The monoisotopic (exact) mass is 208 g/mol. The van der Waals surface area contributed by atoms with Crippen molar-refractivity contribution in [3.8, 4) is 0 Å². The molecule has 0 aromatic carbocycles. The first-order valence-corrected chi connectivity index (χ1v) is 5.37. The van der Waals surface area contributed by atoms with Gasteiger partial charge in [-0.1, -0.05) is 12.2 Å². The Morgan fingerprint density at radius 2 is 2.20 bits per heavy atom. The number of likely N-dealkylation sites (tertiary alicyclic amines) is 1. The van der Waals surface area contributed by atoms with Gasteiger partial charge in [0, 0.05) is 19.3 Å². The van der Waals surface area contributed by atoms with Gasteiger partial charge in [-0.05, 0) is 25.3 Å². The fraction of sp³-hybridized carbons (Fsp3) is 0.545. The molecule has 82 valence electrons. The molecule has 1 amide bonds. The minimum Gasteiger partial charge on any atom is -0.465 e. The molecule has 15 heavy (non-hydrogen) atoms. The first kappa shape index (κ1) is 10.1. The molecule has 1 atom stereocenters. The van der Waals surface area contributed by atoms with Crippen molar-refractivity contribution >= 4 is 6.09 Å². The minimum atomic E-state index is -0.803. The van der Waals surface area contributed by atoms with E-state index in [1.54, 1.807) is 4.90 Å². The Morgan fingerprint density at radius 1 is 1.33 bits per heavy atom. The normalized spacial score (nSPS) is 25.7. The van der Waals surface area contributed by atoms with Crippen molar-refractivity contribution < 1.29 is 9.90 Å². The van der Waals surface area contributed by atoms with Crippen LogP contribution in [0.2, 0.25) is 0 Å². The van der Waals surface area contributed by atoms with Crippen LogP contribution in [-0.4, -0.2) is 40.3 Å². The van der Waals surface area contributed by atoms with Crippen molar-refractivity contribution in [1.29, 1.82) is 0 Å². The highest BCUT2D eigenvalue weighted by Gasteiger charge is 2.29. The van der Waals surface area contributed by atoms with Crippen LogP contribution in [0.3, 0.4) is 0 Å². The van der Waals surface area contributed by atoms with Crippen molar-refractivity contribution in [3.63, 3.8) is 0 Å². The van der Waals surface area contributed by atoms with Crippen LogP contribution >= 0.6 is 0 Å². The van der Waals surface area contributed by atoms with Crippen LogP contribution in [0.1, 0.15) is 19.3 Å². The maximum absolute atomic E-state index is 11.1. The summed E-state index contributed by atoms with van der Waals surface area (Å²) in [5.41, 5.74) is 0. The topological polar surface area (TPSA) is 43.8 Å². The summed E-state index contributed by atoms with van der Waals surface area (Å²) >= 11 is 0. The van der Waals surface area contributed by atoms with Crippen molar-refractivity contribution in [2.45, 2.75) is 25.4 Å². The van der Waals surface area contributed by atoms with Gasteiger partial charge in [-0.15, -0.1) is 0 Å². The molecule has 2 aliphatic rings. The van der Waals surface area contributed by atoms with E-state index in [1.165, 1.54) is 0 Å². The lowest BCUT2D eigenvalue weighted by Gasteiger charge is -2.40. The first-order valence-electron chi connectivity index (χ1n) is 5.37. The second kappa shape index (κ2) is 4.38. The van der Waals surface area contributed by atoms with E-state index in [4.69, 9.17) is 5.11 Å². The van der Waals surface area contributed by atoms with Crippen LogP contribution in [0.15, 0.2) is 24.4 Å². The lowest BCUT2D eigenvalue weighted by atomic mass is 10.1. The average Bonchev–Trinajstić information content (AvgIpc) is 2.30. The second-order valence-corrected chi connectivity index (χ2v) is 3.92. The fourth-order valence-electron chi connectivity index (χ4n) is 2.19. The highest BCUT2D eigenvalue weighted by atomic mass is 16.4. The van der Waals surface area contributed by atoms with Crippen LogP contribution in [0.4, 0.5) is 4.79 Å². The molecule has 0 spiro atoms. The molecule has 1 saturated heterocycles. The SMILES string of the molecule is O=C(O)N1CCCCC1N1C=CC=CC1. The number of nitrogens with zero attached hydrogens (tertiary/aromatic N) is 2. The summed E-state index contributed by atoms with van der Waals surface area (Å²) in [6.07, 6.45) is 10.2. The standard InChI is InChI=1S/C11H16N2O2/c14-11(15)13-9-5-2-6-10(13)12-7-3-1-4-8-12/h1,3-4,7,10H,2,5-6,8-9H2,(H,14,15). The lowest BCUT2D eigenvalue weighted by molar-refractivity contribution is 0.0485. The quantitative estimate of drug-likeness (QED) is 0.715. The Hall–Kier alpha value is -1.45. The summed E-state index contributed by atoms with van der Waals surface area (Å²) in [5, 5.41) is 9.10. The Balaban J connectivity index is 2.07. The predicted molar refractivity (Wildman–Crippen MR) is 57.4 cm³/mol. The van der Waals surface area contributed by atoms with Gasteiger partial charge in [0.15, 0.2) is 0 Å². The Labute approximate surface area is 89.5 Å².